The quantitative estimate of drug-likeness (QED) is 0.693. The summed E-state index contributed by atoms with van der Waals surface area (Å²) < 4.78 is 32.6. The minimum absolute atomic E-state index is 0.122. The van der Waals surface area contributed by atoms with Crippen LogP contribution >= 0.6 is 0 Å². The molecular weight excluding hydrogens is 380 g/mol. The van der Waals surface area contributed by atoms with Crippen molar-refractivity contribution in [2.75, 3.05) is 4.72 Å². The lowest BCUT2D eigenvalue weighted by Gasteiger charge is -2.14. The standard InChI is InChI=1S/C20H22N2O5S/c1-13-6-10-18(11-7-13)28(25,26)22-17-5-3-4-15(12-17)20(24)27-14(2)19(23)21-16-8-9-16/h3-7,10-12,14,16,22H,8-9H2,1-2H3,(H,21,23)/t14-/m1/s1. The topological polar surface area (TPSA) is 102 Å². The molecule has 1 aliphatic carbocycles. The van der Waals surface area contributed by atoms with Crippen molar-refractivity contribution in [1.82, 2.24) is 5.32 Å². The van der Waals surface area contributed by atoms with E-state index in [-0.39, 0.29) is 28.1 Å². The summed E-state index contributed by atoms with van der Waals surface area (Å²) in [6.45, 7) is 3.37. The summed E-state index contributed by atoms with van der Waals surface area (Å²) in [7, 11) is -3.78. The average Bonchev–Trinajstić information content (AvgIpc) is 3.45. The van der Waals surface area contributed by atoms with E-state index in [0.717, 1.165) is 18.4 Å². The number of carbonyl (C=O) groups excluding carboxylic acids is 2. The second-order valence-electron chi connectivity index (χ2n) is 6.83. The largest absolute Gasteiger partial charge is 0.449 e. The van der Waals surface area contributed by atoms with Gasteiger partial charge in [0.2, 0.25) is 0 Å². The Morgan fingerprint density at radius 2 is 1.79 bits per heavy atom. The van der Waals surface area contributed by atoms with Gasteiger partial charge in [0.25, 0.3) is 15.9 Å². The lowest BCUT2D eigenvalue weighted by molar-refractivity contribution is -0.129. The Morgan fingerprint density at radius 1 is 1.11 bits per heavy atom. The molecule has 8 heteroatoms. The van der Waals surface area contributed by atoms with Crippen molar-refractivity contribution < 1.29 is 22.7 Å². The molecule has 0 spiro atoms. The van der Waals surface area contributed by atoms with Crippen molar-refractivity contribution in [3.05, 3.63) is 59.7 Å². The molecule has 0 radical (unpaired) electrons. The summed E-state index contributed by atoms with van der Waals surface area (Å²) in [6, 6.07) is 12.5. The minimum atomic E-state index is -3.78. The van der Waals surface area contributed by atoms with Gasteiger partial charge in [0.1, 0.15) is 0 Å². The van der Waals surface area contributed by atoms with Crippen LogP contribution < -0.4 is 10.0 Å². The van der Waals surface area contributed by atoms with Crippen LogP contribution in [-0.4, -0.2) is 32.4 Å². The van der Waals surface area contributed by atoms with Crippen molar-refractivity contribution in [2.45, 2.75) is 43.7 Å². The number of sulfonamides is 1. The molecule has 0 aromatic heterocycles. The van der Waals surface area contributed by atoms with Gasteiger partial charge in [-0.1, -0.05) is 23.8 Å². The molecule has 0 aliphatic heterocycles. The van der Waals surface area contributed by atoms with Crippen molar-refractivity contribution in [3.8, 4) is 0 Å². The van der Waals surface area contributed by atoms with Crippen LogP contribution in [0.4, 0.5) is 5.69 Å². The van der Waals surface area contributed by atoms with Crippen LogP contribution in [0.25, 0.3) is 0 Å². The van der Waals surface area contributed by atoms with Crippen LogP contribution in [0, 0.1) is 6.92 Å². The van der Waals surface area contributed by atoms with E-state index in [1.165, 1.54) is 37.3 Å². The zero-order valence-corrected chi connectivity index (χ0v) is 16.5. The maximum absolute atomic E-state index is 12.5. The highest BCUT2D eigenvalue weighted by Gasteiger charge is 2.27. The van der Waals surface area contributed by atoms with Crippen LogP contribution in [-0.2, 0) is 19.6 Å². The highest BCUT2D eigenvalue weighted by atomic mass is 32.2. The molecular formula is C20H22N2O5S. The smallest absolute Gasteiger partial charge is 0.338 e. The first kappa shape index (κ1) is 19.9. The van der Waals surface area contributed by atoms with Crippen molar-refractivity contribution >= 4 is 27.6 Å². The van der Waals surface area contributed by atoms with Crippen LogP contribution in [0.2, 0.25) is 0 Å². The van der Waals surface area contributed by atoms with E-state index in [1.54, 1.807) is 18.2 Å². The lowest BCUT2D eigenvalue weighted by atomic mass is 10.2. The van der Waals surface area contributed by atoms with Gasteiger partial charge in [-0.15, -0.1) is 0 Å². The van der Waals surface area contributed by atoms with Gasteiger partial charge < -0.3 is 10.1 Å². The number of nitrogens with one attached hydrogen (secondary N) is 2. The van der Waals surface area contributed by atoms with E-state index >= 15 is 0 Å². The Bertz CT molecular complexity index is 982. The summed E-state index contributed by atoms with van der Waals surface area (Å²) in [5.74, 6) is -1.04. The van der Waals surface area contributed by atoms with E-state index in [9.17, 15) is 18.0 Å². The monoisotopic (exact) mass is 402 g/mol. The van der Waals surface area contributed by atoms with Crippen LogP contribution in [0.15, 0.2) is 53.4 Å². The number of anilines is 1. The van der Waals surface area contributed by atoms with Crippen LogP contribution in [0.1, 0.15) is 35.7 Å². The number of rotatable bonds is 7. The van der Waals surface area contributed by atoms with E-state index in [4.69, 9.17) is 4.74 Å². The molecule has 0 heterocycles. The third kappa shape index (κ3) is 5.10. The zero-order valence-electron chi connectivity index (χ0n) is 15.6. The Balaban J connectivity index is 1.68. The molecule has 2 aromatic carbocycles. The molecule has 2 aromatic rings. The number of aryl methyl sites for hydroxylation is 1. The normalized spacial score (nSPS) is 14.8. The average molecular weight is 402 g/mol. The second kappa shape index (κ2) is 8.02. The molecule has 0 bridgehead atoms. The van der Waals surface area contributed by atoms with Crippen molar-refractivity contribution in [2.24, 2.45) is 0 Å². The van der Waals surface area contributed by atoms with E-state index in [0.29, 0.717) is 0 Å². The third-order valence-electron chi connectivity index (χ3n) is 4.26. The maximum atomic E-state index is 12.5. The minimum Gasteiger partial charge on any atom is -0.449 e. The zero-order chi connectivity index (χ0) is 20.3. The van der Waals surface area contributed by atoms with E-state index < -0.39 is 22.1 Å². The summed E-state index contributed by atoms with van der Waals surface area (Å²) >= 11 is 0. The Labute approximate surface area is 164 Å². The highest BCUT2D eigenvalue weighted by molar-refractivity contribution is 7.92. The fourth-order valence-electron chi connectivity index (χ4n) is 2.47. The van der Waals surface area contributed by atoms with Crippen LogP contribution in [0.3, 0.4) is 0 Å². The first-order chi connectivity index (χ1) is 13.2. The number of benzene rings is 2. The van der Waals surface area contributed by atoms with Gasteiger partial charge in [-0.25, -0.2) is 13.2 Å². The molecule has 3 rings (SSSR count). The van der Waals surface area contributed by atoms with Crippen LogP contribution in [0.5, 0.6) is 0 Å². The Hall–Kier alpha value is -2.87. The summed E-state index contributed by atoms with van der Waals surface area (Å²) in [5.41, 5.74) is 1.32. The number of hydrogen-bond donors (Lipinski definition) is 2. The summed E-state index contributed by atoms with van der Waals surface area (Å²) in [5, 5.41) is 2.77. The summed E-state index contributed by atoms with van der Waals surface area (Å²) in [6.07, 6.45) is 0.950. The fourth-order valence-corrected chi connectivity index (χ4v) is 3.52. The van der Waals surface area contributed by atoms with Crippen molar-refractivity contribution in [1.29, 1.82) is 0 Å². The number of amides is 1. The number of ether oxygens (including phenoxy) is 1. The van der Waals surface area contributed by atoms with Gasteiger partial charge in [-0.2, -0.15) is 0 Å². The molecule has 28 heavy (non-hydrogen) atoms. The number of esters is 1. The molecule has 1 atom stereocenters. The first-order valence-corrected chi connectivity index (χ1v) is 10.4. The molecule has 1 saturated carbocycles. The predicted molar refractivity (Wildman–Crippen MR) is 104 cm³/mol. The Kier molecular flexibility index (Phi) is 5.69. The molecule has 2 N–H and O–H groups in total. The molecule has 7 nitrogen and oxygen atoms in total. The fraction of sp³-hybridized carbons (Fsp3) is 0.300. The first-order valence-electron chi connectivity index (χ1n) is 8.95. The molecule has 1 aliphatic rings. The second-order valence-corrected chi connectivity index (χ2v) is 8.51. The van der Waals surface area contributed by atoms with Crippen molar-refractivity contribution in [3.63, 3.8) is 0 Å². The van der Waals surface area contributed by atoms with Gasteiger partial charge >= 0.3 is 5.97 Å². The SMILES string of the molecule is Cc1ccc(S(=O)(=O)Nc2cccc(C(=O)O[C@H](C)C(=O)NC3CC3)c2)cc1. The predicted octanol–water partition coefficient (Wildman–Crippen LogP) is 2.62. The number of hydrogen-bond acceptors (Lipinski definition) is 5. The molecule has 0 saturated heterocycles. The van der Waals surface area contributed by atoms with E-state index in [1.807, 2.05) is 6.92 Å². The lowest BCUT2D eigenvalue weighted by Crippen LogP contribution is -2.37. The molecule has 1 fully saturated rings. The molecule has 0 unspecified atom stereocenters. The van der Waals surface area contributed by atoms with Gasteiger partial charge in [-0.3, -0.25) is 9.52 Å². The third-order valence-corrected chi connectivity index (χ3v) is 5.66. The summed E-state index contributed by atoms with van der Waals surface area (Å²) in [4.78, 5) is 24.3. The Morgan fingerprint density at radius 3 is 2.43 bits per heavy atom. The molecule has 148 valence electrons. The van der Waals surface area contributed by atoms with Gasteiger partial charge in [0.15, 0.2) is 6.10 Å². The molecule has 1 amide bonds. The van der Waals surface area contributed by atoms with Gasteiger partial charge in [-0.05, 0) is 57.0 Å². The van der Waals surface area contributed by atoms with Gasteiger partial charge in [0.05, 0.1) is 10.5 Å². The maximum Gasteiger partial charge on any atom is 0.338 e. The van der Waals surface area contributed by atoms with E-state index in [2.05, 4.69) is 10.0 Å². The van der Waals surface area contributed by atoms with Gasteiger partial charge in [0, 0.05) is 11.7 Å². The number of carbonyl (C=O) groups is 2. The highest BCUT2D eigenvalue weighted by Crippen LogP contribution is 2.20.